The molecule has 3 saturated heterocycles. The minimum absolute atomic E-state index is 0.0171. The van der Waals surface area contributed by atoms with Gasteiger partial charge >= 0.3 is 12.1 Å². The van der Waals surface area contributed by atoms with Gasteiger partial charge in [0.1, 0.15) is 0 Å². The molecule has 7 nitrogen and oxygen atoms in total. The molecule has 0 unspecified atom stereocenters. The first-order valence-electron chi connectivity index (χ1n) is 10.7. The van der Waals surface area contributed by atoms with Crippen molar-refractivity contribution >= 4 is 11.9 Å². The summed E-state index contributed by atoms with van der Waals surface area (Å²) in [7, 11) is 0. The van der Waals surface area contributed by atoms with Gasteiger partial charge in [-0.05, 0) is 30.9 Å². The largest absolute Gasteiger partial charge is 0.490 e. The number of nitrogens with zero attached hydrogens (tertiary/aromatic N) is 1. The van der Waals surface area contributed by atoms with Crippen LogP contribution in [0, 0.1) is 17.3 Å². The van der Waals surface area contributed by atoms with E-state index in [1.54, 1.807) is 0 Å². The zero-order chi connectivity index (χ0) is 23.2. The summed E-state index contributed by atoms with van der Waals surface area (Å²) in [5.74, 6) is -1.45. The number of alkyl halides is 3. The molecule has 1 aromatic carbocycles. The van der Waals surface area contributed by atoms with E-state index in [0.717, 1.165) is 57.5 Å². The number of ether oxygens (including phenoxy) is 2. The Bertz CT molecular complexity index is 771. The minimum atomic E-state index is -5.08. The van der Waals surface area contributed by atoms with Crippen LogP contribution in [0.3, 0.4) is 0 Å². The molecular weight excluding hydrogens is 429 g/mol. The molecule has 3 aliphatic heterocycles. The fraction of sp³-hybridized carbons (Fsp3) is 0.636. The van der Waals surface area contributed by atoms with E-state index in [1.165, 1.54) is 12.8 Å². The van der Waals surface area contributed by atoms with Crippen molar-refractivity contribution in [3.05, 3.63) is 35.9 Å². The van der Waals surface area contributed by atoms with E-state index in [2.05, 4.69) is 10.2 Å². The van der Waals surface area contributed by atoms with Gasteiger partial charge in [-0.15, -0.1) is 0 Å². The topological polar surface area (TPSA) is 88.1 Å². The number of carbonyl (C=O) groups is 2. The third-order valence-electron chi connectivity index (χ3n) is 6.33. The molecule has 3 fully saturated rings. The number of fused-ring (bicyclic) bond motifs is 1. The number of halogens is 3. The minimum Gasteiger partial charge on any atom is -0.475 e. The number of nitrogens with one attached hydrogen (secondary N) is 1. The maximum absolute atomic E-state index is 12.4. The van der Waals surface area contributed by atoms with Gasteiger partial charge in [-0.2, -0.15) is 13.2 Å². The monoisotopic (exact) mass is 458 g/mol. The molecule has 0 bridgehead atoms. The maximum atomic E-state index is 12.4. The van der Waals surface area contributed by atoms with E-state index in [0.29, 0.717) is 12.5 Å². The van der Waals surface area contributed by atoms with Gasteiger partial charge in [-0.3, -0.25) is 4.79 Å². The summed E-state index contributed by atoms with van der Waals surface area (Å²) in [4.78, 5) is 23.9. The lowest BCUT2D eigenvalue weighted by atomic mass is 9.81. The lowest BCUT2D eigenvalue weighted by molar-refractivity contribution is -0.192. The molecule has 3 aliphatic rings. The van der Waals surface area contributed by atoms with E-state index in [9.17, 15) is 18.0 Å². The SMILES string of the molecule is O=C(NC[C@]12COC[C@H]1CN(CC1CCOCC1)C2)c1ccccc1.O=C(O)C(F)(F)F. The van der Waals surface area contributed by atoms with Crippen LogP contribution in [-0.4, -0.2) is 80.7 Å². The Morgan fingerprint density at radius 3 is 2.44 bits per heavy atom. The van der Waals surface area contributed by atoms with Gasteiger partial charge in [0.05, 0.1) is 13.2 Å². The number of carbonyl (C=O) groups excluding carboxylic acids is 1. The van der Waals surface area contributed by atoms with E-state index < -0.39 is 12.1 Å². The Hall–Kier alpha value is -2.17. The molecule has 0 radical (unpaired) electrons. The van der Waals surface area contributed by atoms with Crippen LogP contribution in [-0.2, 0) is 14.3 Å². The third-order valence-corrected chi connectivity index (χ3v) is 6.33. The second-order valence-corrected chi connectivity index (χ2v) is 8.68. The van der Waals surface area contributed by atoms with Crippen molar-refractivity contribution in [3.8, 4) is 0 Å². The fourth-order valence-corrected chi connectivity index (χ4v) is 4.57. The van der Waals surface area contributed by atoms with Crippen molar-refractivity contribution in [2.75, 3.05) is 52.6 Å². The molecule has 178 valence electrons. The van der Waals surface area contributed by atoms with E-state index >= 15 is 0 Å². The van der Waals surface area contributed by atoms with Crippen LogP contribution >= 0.6 is 0 Å². The molecule has 0 spiro atoms. The van der Waals surface area contributed by atoms with Crippen LogP contribution in [0.15, 0.2) is 30.3 Å². The normalized spacial score (nSPS) is 26.2. The van der Waals surface area contributed by atoms with Gasteiger partial charge in [-0.1, -0.05) is 18.2 Å². The molecule has 3 heterocycles. The number of aliphatic carboxylic acids is 1. The van der Waals surface area contributed by atoms with E-state index in [1.807, 2.05) is 30.3 Å². The zero-order valence-electron chi connectivity index (χ0n) is 17.8. The van der Waals surface area contributed by atoms with Gasteiger partial charge in [0.15, 0.2) is 0 Å². The summed E-state index contributed by atoms with van der Waals surface area (Å²) in [6, 6.07) is 9.46. The summed E-state index contributed by atoms with van der Waals surface area (Å²) in [5.41, 5.74) is 0.807. The Labute approximate surface area is 184 Å². The Kier molecular flexibility index (Phi) is 8.13. The third kappa shape index (κ3) is 6.43. The highest BCUT2D eigenvalue weighted by molar-refractivity contribution is 5.94. The molecule has 0 saturated carbocycles. The molecule has 32 heavy (non-hydrogen) atoms. The van der Waals surface area contributed by atoms with Crippen LogP contribution < -0.4 is 5.32 Å². The highest BCUT2D eigenvalue weighted by atomic mass is 19.4. The average molecular weight is 458 g/mol. The van der Waals surface area contributed by atoms with Gasteiger partial charge in [0, 0.05) is 56.3 Å². The van der Waals surface area contributed by atoms with Crippen molar-refractivity contribution in [1.82, 2.24) is 10.2 Å². The highest BCUT2D eigenvalue weighted by Crippen LogP contribution is 2.41. The first-order chi connectivity index (χ1) is 15.2. The number of hydrogen-bond acceptors (Lipinski definition) is 5. The standard InChI is InChI=1S/C20H28N2O3.C2HF3O2/c23-19(17-4-2-1-3-5-17)21-13-20-14-22(11-18(20)12-25-15-20)10-16-6-8-24-9-7-16;3-2(4,5)1(6)7/h1-5,16,18H,6-15H2,(H,21,23);(H,6,7)/t18-,20+;/m1./s1. The number of amides is 1. The number of likely N-dealkylation sites (tertiary alicyclic amines) is 1. The van der Waals surface area contributed by atoms with Gasteiger partial charge in [-0.25, -0.2) is 4.79 Å². The summed E-state index contributed by atoms with van der Waals surface area (Å²) < 4.78 is 43.0. The number of rotatable bonds is 5. The van der Waals surface area contributed by atoms with Crippen LogP contribution in [0.1, 0.15) is 23.2 Å². The molecular formula is C22H29F3N2O5. The number of hydrogen-bond donors (Lipinski definition) is 2. The predicted molar refractivity (Wildman–Crippen MR) is 109 cm³/mol. The Balaban J connectivity index is 0.000000360. The molecule has 0 aromatic heterocycles. The average Bonchev–Trinajstić information content (AvgIpc) is 3.30. The highest BCUT2D eigenvalue weighted by Gasteiger charge is 2.50. The zero-order valence-corrected chi connectivity index (χ0v) is 17.8. The quantitative estimate of drug-likeness (QED) is 0.705. The number of carboxylic acids is 1. The van der Waals surface area contributed by atoms with Gasteiger partial charge in [0.2, 0.25) is 0 Å². The number of benzene rings is 1. The molecule has 2 atom stereocenters. The Morgan fingerprint density at radius 2 is 1.81 bits per heavy atom. The second-order valence-electron chi connectivity index (χ2n) is 8.68. The van der Waals surface area contributed by atoms with Gasteiger partial charge in [0.25, 0.3) is 5.91 Å². The molecule has 4 rings (SSSR count). The summed E-state index contributed by atoms with van der Waals surface area (Å²) in [5, 5.41) is 10.3. The molecule has 2 N–H and O–H groups in total. The van der Waals surface area contributed by atoms with Crippen molar-refractivity contribution in [2.45, 2.75) is 19.0 Å². The lowest BCUT2D eigenvalue weighted by Crippen LogP contribution is -2.43. The summed E-state index contributed by atoms with van der Waals surface area (Å²) in [6.07, 6.45) is -2.73. The van der Waals surface area contributed by atoms with E-state index in [-0.39, 0.29) is 11.3 Å². The van der Waals surface area contributed by atoms with Gasteiger partial charge < -0.3 is 24.8 Å². The lowest BCUT2D eigenvalue weighted by Gasteiger charge is -2.30. The number of carboxylic acid groups (broad SMARTS) is 1. The molecule has 1 aromatic rings. The fourth-order valence-electron chi connectivity index (χ4n) is 4.57. The smallest absolute Gasteiger partial charge is 0.475 e. The van der Waals surface area contributed by atoms with E-state index in [4.69, 9.17) is 19.4 Å². The second kappa shape index (κ2) is 10.6. The van der Waals surface area contributed by atoms with Crippen LogP contribution in [0.25, 0.3) is 0 Å². The maximum Gasteiger partial charge on any atom is 0.490 e. The molecule has 1 amide bonds. The summed E-state index contributed by atoms with van der Waals surface area (Å²) >= 11 is 0. The van der Waals surface area contributed by atoms with Crippen molar-refractivity contribution in [2.24, 2.45) is 17.3 Å². The van der Waals surface area contributed by atoms with Crippen molar-refractivity contribution in [1.29, 1.82) is 0 Å². The van der Waals surface area contributed by atoms with Crippen molar-refractivity contribution < 1.29 is 37.3 Å². The molecule has 10 heteroatoms. The van der Waals surface area contributed by atoms with Crippen LogP contribution in [0.5, 0.6) is 0 Å². The van der Waals surface area contributed by atoms with Crippen LogP contribution in [0.4, 0.5) is 13.2 Å². The molecule has 0 aliphatic carbocycles. The van der Waals surface area contributed by atoms with Crippen molar-refractivity contribution in [3.63, 3.8) is 0 Å². The first kappa shape index (κ1) is 24.5. The first-order valence-corrected chi connectivity index (χ1v) is 10.7. The Morgan fingerprint density at radius 1 is 1.16 bits per heavy atom. The van der Waals surface area contributed by atoms with Crippen LogP contribution in [0.2, 0.25) is 0 Å². The predicted octanol–water partition coefficient (Wildman–Crippen LogP) is 2.42. The summed E-state index contributed by atoms with van der Waals surface area (Å²) in [6.45, 7) is 7.39.